The van der Waals surface area contributed by atoms with Gasteiger partial charge in [0.2, 0.25) is 0 Å². The molecule has 1 atom stereocenters. The number of rotatable bonds is 6. The average molecular weight is 328 g/mol. The molecule has 2 rings (SSSR count). The molecular weight excluding hydrogens is 304 g/mol. The third kappa shape index (κ3) is 4.30. The van der Waals surface area contributed by atoms with E-state index in [-0.39, 0.29) is 23.5 Å². The van der Waals surface area contributed by atoms with E-state index < -0.39 is 9.84 Å². The van der Waals surface area contributed by atoms with Gasteiger partial charge in [0, 0.05) is 12.2 Å². The number of carbonyl (C=O) groups is 1. The molecule has 1 fully saturated rings. The molecule has 1 N–H and O–H groups in total. The van der Waals surface area contributed by atoms with Crippen LogP contribution in [0.25, 0.3) is 0 Å². The average Bonchev–Trinajstić information content (AvgIpc) is 2.97. The summed E-state index contributed by atoms with van der Waals surface area (Å²) in [6.07, 6.45) is 1.44. The molecule has 124 valence electrons. The summed E-state index contributed by atoms with van der Waals surface area (Å²) in [6, 6.07) is 1.56. The number of hydrogen-bond acceptors (Lipinski definition) is 5. The summed E-state index contributed by atoms with van der Waals surface area (Å²) in [5.41, 5.74) is 1.17. The topological polar surface area (TPSA) is 84.3 Å². The van der Waals surface area contributed by atoms with Gasteiger partial charge in [0.1, 0.15) is 5.69 Å². The fourth-order valence-corrected chi connectivity index (χ4v) is 4.32. The Morgan fingerprint density at radius 2 is 2.23 bits per heavy atom. The number of hydrogen-bond donors (Lipinski definition) is 1. The van der Waals surface area contributed by atoms with Crippen LogP contribution in [-0.4, -0.2) is 67.7 Å². The molecule has 7 nitrogen and oxygen atoms in total. The van der Waals surface area contributed by atoms with Crippen LogP contribution >= 0.6 is 0 Å². The highest BCUT2D eigenvalue weighted by Crippen LogP contribution is 2.24. The molecular formula is C14H24N4O3S. The van der Waals surface area contributed by atoms with Crippen LogP contribution in [0.3, 0.4) is 0 Å². The van der Waals surface area contributed by atoms with Gasteiger partial charge < -0.3 is 10.2 Å². The van der Waals surface area contributed by atoms with E-state index in [1.165, 1.54) is 0 Å². The maximum atomic E-state index is 12.1. The van der Waals surface area contributed by atoms with E-state index in [0.29, 0.717) is 18.7 Å². The summed E-state index contributed by atoms with van der Waals surface area (Å²) >= 11 is 0. The van der Waals surface area contributed by atoms with Crippen LogP contribution in [0.4, 0.5) is 0 Å². The second kappa shape index (κ2) is 6.78. The minimum absolute atomic E-state index is 0.111. The number of carbonyl (C=O) groups excluding carboxylic acids is 1. The van der Waals surface area contributed by atoms with Crippen LogP contribution in [0.1, 0.15) is 35.1 Å². The van der Waals surface area contributed by atoms with Gasteiger partial charge in [0.05, 0.1) is 17.5 Å². The fourth-order valence-electron chi connectivity index (χ4n) is 2.62. The second-order valence-electron chi connectivity index (χ2n) is 6.09. The Kier molecular flexibility index (Phi) is 5.23. The molecule has 1 unspecified atom stereocenters. The quantitative estimate of drug-likeness (QED) is 0.756. The van der Waals surface area contributed by atoms with Gasteiger partial charge in [-0.25, -0.2) is 8.42 Å². The van der Waals surface area contributed by atoms with E-state index in [1.807, 2.05) is 21.0 Å². The molecule has 2 heterocycles. The predicted octanol–water partition coefficient (Wildman–Crippen LogP) is 0.233. The number of aryl methyl sites for hydroxylation is 1. The number of nitrogens with zero attached hydrogens (tertiary/aromatic N) is 3. The largest absolute Gasteiger partial charge is 0.351 e. The standard InChI is InChI=1S/C14H24N4O3S/c1-11-9-13(14(19)15-6-4-7-17(2)3)16-18(11)12-5-8-22(20,21)10-12/h9,12H,4-8,10H2,1-3H3,(H,15,19). The minimum atomic E-state index is -2.96. The second-order valence-corrected chi connectivity index (χ2v) is 8.31. The van der Waals surface area contributed by atoms with Crippen molar-refractivity contribution < 1.29 is 13.2 Å². The zero-order chi connectivity index (χ0) is 16.3. The van der Waals surface area contributed by atoms with E-state index in [1.54, 1.807) is 10.7 Å². The zero-order valence-electron chi connectivity index (χ0n) is 13.4. The molecule has 0 spiro atoms. The molecule has 1 aromatic heterocycles. The van der Waals surface area contributed by atoms with E-state index in [9.17, 15) is 13.2 Å². The molecule has 1 amide bonds. The summed E-state index contributed by atoms with van der Waals surface area (Å²) < 4.78 is 24.8. The molecule has 1 saturated heterocycles. The number of amides is 1. The molecule has 1 aliphatic rings. The number of nitrogens with one attached hydrogen (secondary N) is 1. The van der Waals surface area contributed by atoms with E-state index in [0.717, 1.165) is 18.7 Å². The Hall–Kier alpha value is -1.41. The Bertz CT molecular complexity index is 637. The van der Waals surface area contributed by atoms with Crippen molar-refractivity contribution in [3.63, 3.8) is 0 Å². The SMILES string of the molecule is Cc1cc(C(=O)NCCCN(C)C)nn1C1CCS(=O)(=O)C1. The summed E-state index contributed by atoms with van der Waals surface area (Å²) in [6.45, 7) is 3.36. The first-order chi connectivity index (χ1) is 10.3. The molecule has 0 aromatic carbocycles. The van der Waals surface area contributed by atoms with E-state index in [4.69, 9.17) is 0 Å². The lowest BCUT2D eigenvalue weighted by Gasteiger charge is -2.10. The predicted molar refractivity (Wildman–Crippen MR) is 84.8 cm³/mol. The van der Waals surface area contributed by atoms with Gasteiger partial charge >= 0.3 is 0 Å². The highest BCUT2D eigenvalue weighted by atomic mass is 32.2. The van der Waals surface area contributed by atoms with Gasteiger partial charge in [-0.1, -0.05) is 0 Å². The van der Waals surface area contributed by atoms with Gasteiger partial charge in [0.25, 0.3) is 5.91 Å². The van der Waals surface area contributed by atoms with Crippen molar-refractivity contribution in [1.82, 2.24) is 20.0 Å². The zero-order valence-corrected chi connectivity index (χ0v) is 14.2. The summed E-state index contributed by atoms with van der Waals surface area (Å²) in [4.78, 5) is 14.1. The number of aromatic nitrogens is 2. The molecule has 0 radical (unpaired) electrons. The summed E-state index contributed by atoms with van der Waals surface area (Å²) in [7, 11) is 1.01. The van der Waals surface area contributed by atoms with Crippen molar-refractivity contribution in [2.24, 2.45) is 0 Å². The first-order valence-electron chi connectivity index (χ1n) is 7.48. The third-order valence-electron chi connectivity index (χ3n) is 3.78. The summed E-state index contributed by atoms with van der Waals surface area (Å²) in [5.74, 6) is 0.101. The van der Waals surface area contributed by atoms with Gasteiger partial charge in [-0.05, 0) is 46.5 Å². The monoisotopic (exact) mass is 328 g/mol. The Balaban J connectivity index is 1.96. The first-order valence-corrected chi connectivity index (χ1v) is 9.30. The smallest absolute Gasteiger partial charge is 0.271 e. The molecule has 22 heavy (non-hydrogen) atoms. The fraction of sp³-hybridized carbons (Fsp3) is 0.714. The van der Waals surface area contributed by atoms with Gasteiger partial charge in [-0.2, -0.15) is 5.10 Å². The lowest BCUT2D eigenvalue weighted by atomic mass is 10.2. The van der Waals surface area contributed by atoms with Crippen molar-refractivity contribution in [2.45, 2.75) is 25.8 Å². The Labute approximate surface area is 131 Å². The number of sulfone groups is 1. The maximum absolute atomic E-state index is 12.1. The van der Waals surface area contributed by atoms with Crippen LogP contribution in [0, 0.1) is 6.92 Å². The molecule has 1 aromatic rings. The third-order valence-corrected chi connectivity index (χ3v) is 5.53. The molecule has 0 aliphatic carbocycles. The Morgan fingerprint density at radius 1 is 1.50 bits per heavy atom. The molecule has 8 heteroatoms. The van der Waals surface area contributed by atoms with Crippen molar-refractivity contribution in [2.75, 3.05) is 38.7 Å². The van der Waals surface area contributed by atoms with Gasteiger partial charge in [-0.15, -0.1) is 0 Å². The van der Waals surface area contributed by atoms with Crippen molar-refractivity contribution >= 4 is 15.7 Å². The lowest BCUT2D eigenvalue weighted by Crippen LogP contribution is -2.27. The highest BCUT2D eigenvalue weighted by molar-refractivity contribution is 7.91. The highest BCUT2D eigenvalue weighted by Gasteiger charge is 2.31. The van der Waals surface area contributed by atoms with E-state index in [2.05, 4.69) is 15.3 Å². The van der Waals surface area contributed by atoms with E-state index >= 15 is 0 Å². The molecule has 1 aliphatic heterocycles. The molecule has 0 saturated carbocycles. The van der Waals surface area contributed by atoms with Crippen LogP contribution in [0.2, 0.25) is 0 Å². The Morgan fingerprint density at radius 3 is 2.82 bits per heavy atom. The van der Waals surface area contributed by atoms with Crippen LogP contribution in [-0.2, 0) is 9.84 Å². The van der Waals surface area contributed by atoms with Gasteiger partial charge in [-0.3, -0.25) is 9.48 Å². The van der Waals surface area contributed by atoms with Gasteiger partial charge in [0.15, 0.2) is 9.84 Å². The lowest BCUT2D eigenvalue weighted by molar-refractivity contribution is 0.0946. The van der Waals surface area contributed by atoms with Crippen LogP contribution < -0.4 is 5.32 Å². The normalized spacial score (nSPS) is 20.5. The minimum Gasteiger partial charge on any atom is -0.351 e. The van der Waals surface area contributed by atoms with Crippen molar-refractivity contribution in [3.05, 3.63) is 17.5 Å². The van der Waals surface area contributed by atoms with Crippen molar-refractivity contribution in [3.8, 4) is 0 Å². The van der Waals surface area contributed by atoms with Crippen LogP contribution in [0.15, 0.2) is 6.07 Å². The summed E-state index contributed by atoms with van der Waals surface area (Å²) in [5, 5.41) is 7.14. The van der Waals surface area contributed by atoms with Crippen molar-refractivity contribution in [1.29, 1.82) is 0 Å². The first kappa shape index (κ1) is 17.0. The van der Waals surface area contributed by atoms with Crippen LogP contribution in [0.5, 0.6) is 0 Å². The maximum Gasteiger partial charge on any atom is 0.271 e. The molecule has 0 bridgehead atoms.